The molecule has 0 fully saturated rings. The molecule has 152 valence electrons. The number of nitrogens with one attached hydrogen (secondary N) is 1. The van der Waals surface area contributed by atoms with Crippen LogP contribution in [0.3, 0.4) is 0 Å². The lowest BCUT2D eigenvalue weighted by atomic mass is 9.99. The Morgan fingerprint density at radius 1 is 1.24 bits per heavy atom. The van der Waals surface area contributed by atoms with Gasteiger partial charge in [-0.2, -0.15) is 0 Å². The van der Waals surface area contributed by atoms with Gasteiger partial charge in [0.1, 0.15) is 0 Å². The molecule has 0 radical (unpaired) electrons. The van der Waals surface area contributed by atoms with E-state index >= 15 is 0 Å². The van der Waals surface area contributed by atoms with Gasteiger partial charge in [0.05, 0.1) is 19.2 Å². The number of benzene rings is 2. The van der Waals surface area contributed by atoms with E-state index in [4.69, 9.17) is 16.3 Å². The molecule has 1 atom stereocenters. The van der Waals surface area contributed by atoms with Crippen LogP contribution in [0.4, 0.5) is 0 Å². The minimum absolute atomic E-state index is 0.0234. The zero-order valence-electron chi connectivity index (χ0n) is 16.1. The van der Waals surface area contributed by atoms with E-state index in [1.54, 1.807) is 6.92 Å². The first-order valence-electron chi connectivity index (χ1n) is 9.09. The van der Waals surface area contributed by atoms with Crippen LogP contribution in [0.15, 0.2) is 65.5 Å². The number of amides is 1. The van der Waals surface area contributed by atoms with Crippen molar-refractivity contribution in [3.63, 3.8) is 0 Å². The Balaban J connectivity index is 2.14. The standard InChI is InChI=1S/C22H23ClN2O4/c1-3-29-21(27)13-19(25-22(28)20(26)14-24-2)11-15-7-9-16(10-8-15)17-5-4-6-18(23)12-17/h4-10,12,14,19,26H,2-3,11,13H2,1H3,(H,25,28)/b20-14-/t19-/m1/s1. The predicted octanol–water partition coefficient (Wildman–Crippen LogP) is 4.09. The minimum Gasteiger partial charge on any atom is -0.502 e. The summed E-state index contributed by atoms with van der Waals surface area (Å²) in [5.41, 5.74) is 2.91. The Kier molecular flexibility index (Phi) is 8.43. The Hall–Kier alpha value is -3.12. The molecule has 0 bridgehead atoms. The van der Waals surface area contributed by atoms with Crippen molar-refractivity contribution >= 4 is 30.2 Å². The van der Waals surface area contributed by atoms with E-state index in [1.165, 1.54) is 0 Å². The van der Waals surface area contributed by atoms with Crippen molar-refractivity contribution in [3.05, 3.63) is 71.1 Å². The number of aliphatic hydroxyl groups excluding tert-OH is 1. The van der Waals surface area contributed by atoms with E-state index < -0.39 is 23.7 Å². The van der Waals surface area contributed by atoms with Gasteiger partial charge in [-0.1, -0.05) is 48.0 Å². The van der Waals surface area contributed by atoms with Gasteiger partial charge in [-0.3, -0.25) is 14.6 Å². The van der Waals surface area contributed by atoms with Crippen LogP contribution in [0, 0.1) is 0 Å². The maximum absolute atomic E-state index is 12.1. The van der Waals surface area contributed by atoms with Gasteiger partial charge in [0.2, 0.25) is 0 Å². The van der Waals surface area contributed by atoms with Crippen molar-refractivity contribution in [2.75, 3.05) is 6.61 Å². The SMILES string of the molecule is C=N/C=C(\O)C(=O)N[C@@H](CC(=O)OCC)Cc1ccc(-c2cccc(Cl)c2)cc1. The third kappa shape index (κ3) is 7.08. The molecule has 2 aromatic carbocycles. The van der Waals surface area contributed by atoms with Gasteiger partial charge in [0.25, 0.3) is 5.91 Å². The van der Waals surface area contributed by atoms with E-state index in [9.17, 15) is 14.7 Å². The molecule has 2 aromatic rings. The van der Waals surface area contributed by atoms with Crippen LogP contribution >= 0.6 is 11.6 Å². The van der Waals surface area contributed by atoms with Crippen LogP contribution < -0.4 is 5.32 Å². The highest BCUT2D eigenvalue weighted by Crippen LogP contribution is 2.23. The summed E-state index contributed by atoms with van der Waals surface area (Å²) in [7, 11) is 0. The topological polar surface area (TPSA) is 88.0 Å². The highest BCUT2D eigenvalue weighted by molar-refractivity contribution is 6.30. The third-order valence-electron chi connectivity index (χ3n) is 4.09. The molecular formula is C22H23ClN2O4. The van der Waals surface area contributed by atoms with Crippen LogP contribution in [0.1, 0.15) is 18.9 Å². The predicted molar refractivity (Wildman–Crippen MR) is 114 cm³/mol. The van der Waals surface area contributed by atoms with Gasteiger partial charge < -0.3 is 15.2 Å². The second-order valence-corrected chi connectivity index (χ2v) is 6.72. The van der Waals surface area contributed by atoms with Gasteiger partial charge in [-0.25, -0.2) is 0 Å². The first kappa shape index (κ1) is 22.2. The Labute approximate surface area is 174 Å². The van der Waals surface area contributed by atoms with Crippen molar-refractivity contribution in [1.29, 1.82) is 0 Å². The fourth-order valence-electron chi connectivity index (χ4n) is 2.79. The van der Waals surface area contributed by atoms with Crippen molar-refractivity contribution in [1.82, 2.24) is 5.32 Å². The molecule has 0 saturated heterocycles. The molecule has 0 saturated carbocycles. The molecule has 29 heavy (non-hydrogen) atoms. The second kappa shape index (κ2) is 11.0. The van der Waals surface area contributed by atoms with Gasteiger partial charge in [-0.15, -0.1) is 0 Å². The summed E-state index contributed by atoms with van der Waals surface area (Å²) in [5, 5.41) is 12.9. The number of rotatable bonds is 9. The number of hydrogen-bond donors (Lipinski definition) is 2. The van der Waals surface area contributed by atoms with Crippen LogP contribution in [0.25, 0.3) is 11.1 Å². The molecule has 2 N–H and O–H groups in total. The molecule has 0 aliphatic rings. The number of carbonyl (C=O) groups excluding carboxylic acids is 2. The van der Waals surface area contributed by atoms with Crippen molar-refractivity contribution < 1.29 is 19.4 Å². The molecule has 1 amide bonds. The summed E-state index contributed by atoms with van der Waals surface area (Å²) < 4.78 is 4.98. The maximum Gasteiger partial charge on any atom is 0.307 e. The number of esters is 1. The molecular weight excluding hydrogens is 392 g/mol. The number of hydrogen-bond acceptors (Lipinski definition) is 5. The molecule has 0 spiro atoms. The van der Waals surface area contributed by atoms with Gasteiger partial charge in [0.15, 0.2) is 5.76 Å². The largest absolute Gasteiger partial charge is 0.502 e. The minimum atomic E-state index is -0.734. The molecule has 6 nitrogen and oxygen atoms in total. The van der Waals surface area contributed by atoms with E-state index in [0.717, 1.165) is 22.9 Å². The smallest absolute Gasteiger partial charge is 0.307 e. The molecule has 0 heterocycles. The monoisotopic (exact) mass is 414 g/mol. The summed E-state index contributed by atoms with van der Waals surface area (Å²) in [6, 6.07) is 14.7. The van der Waals surface area contributed by atoms with E-state index in [0.29, 0.717) is 11.4 Å². The van der Waals surface area contributed by atoms with Crippen LogP contribution in [-0.4, -0.2) is 36.3 Å². The van der Waals surface area contributed by atoms with Crippen LogP contribution in [0.5, 0.6) is 0 Å². The maximum atomic E-state index is 12.1. The lowest BCUT2D eigenvalue weighted by molar-refractivity contribution is -0.143. The lowest BCUT2D eigenvalue weighted by Crippen LogP contribution is -2.39. The van der Waals surface area contributed by atoms with E-state index in [2.05, 4.69) is 17.0 Å². The zero-order chi connectivity index (χ0) is 21.2. The average Bonchev–Trinajstić information content (AvgIpc) is 2.68. The van der Waals surface area contributed by atoms with Crippen molar-refractivity contribution in [2.24, 2.45) is 4.99 Å². The summed E-state index contributed by atoms with van der Waals surface area (Å²) in [6.45, 7) is 5.15. The summed E-state index contributed by atoms with van der Waals surface area (Å²) in [6.07, 6.45) is 1.30. The second-order valence-electron chi connectivity index (χ2n) is 6.29. The highest BCUT2D eigenvalue weighted by Gasteiger charge is 2.20. The summed E-state index contributed by atoms with van der Waals surface area (Å²) in [4.78, 5) is 27.3. The lowest BCUT2D eigenvalue weighted by Gasteiger charge is -2.18. The number of carbonyl (C=O) groups is 2. The normalized spacial score (nSPS) is 12.1. The summed E-state index contributed by atoms with van der Waals surface area (Å²) >= 11 is 6.05. The Bertz CT molecular complexity index is 894. The first-order valence-corrected chi connectivity index (χ1v) is 9.47. The molecule has 0 aromatic heterocycles. The quantitative estimate of drug-likeness (QED) is 0.280. The van der Waals surface area contributed by atoms with Gasteiger partial charge in [-0.05, 0) is 48.9 Å². The van der Waals surface area contributed by atoms with Crippen LogP contribution in [0.2, 0.25) is 5.02 Å². The Morgan fingerprint density at radius 2 is 1.97 bits per heavy atom. The number of aliphatic hydroxyl groups is 1. The third-order valence-corrected chi connectivity index (χ3v) is 4.33. The Morgan fingerprint density at radius 3 is 2.59 bits per heavy atom. The van der Waals surface area contributed by atoms with Gasteiger partial charge >= 0.3 is 5.97 Å². The molecule has 0 unspecified atom stereocenters. The fraction of sp³-hybridized carbons (Fsp3) is 0.227. The summed E-state index contributed by atoms with van der Waals surface area (Å²) in [5.74, 6) is -1.74. The van der Waals surface area contributed by atoms with E-state index in [1.807, 2.05) is 48.5 Å². The van der Waals surface area contributed by atoms with Crippen molar-refractivity contribution in [3.8, 4) is 11.1 Å². The van der Waals surface area contributed by atoms with E-state index in [-0.39, 0.29) is 13.0 Å². The molecule has 0 aliphatic heterocycles. The molecule has 0 aliphatic carbocycles. The number of halogens is 1. The van der Waals surface area contributed by atoms with Gasteiger partial charge in [0, 0.05) is 11.1 Å². The number of aliphatic imine (C=N–C) groups is 1. The van der Waals surface area contributed by atoms with Crippen LogP contribution in [-0.2, 0) is 20.7 Å². The number of ether oxygens (including phenoxy) is 1. The van der Waals surface area contributed by atoms with Crippen molar-refractivity contribution in [2.45, 2.75) is 25.8 Å². The highest BCUT2D eigenvalue weighted by atomic mass is 35.5. The molecule has 2 rings (SSSR count). The average molecular weight is 415 g/mol. The zero-order valence-corrected chi connectivity index (χ0v) is 16.9. The fourth-order valence-corrected chi connectivity index (χ4v) is 2.98. The number of nitrogens with zero attached hydrogens (tertiary/aromatic N) is 1. The molecule has 7 heteroatoms. The first-order chi connectivity index (χ1) is 13.9.